The molecule has 1 aliphatic rings. The molecule has 0 saturated heterocycles. The van der Waals surface area contributed by atoms with Crippen LogP contribution < -0.4 is 5.32 Å². The summed E-state index contributed by atoms with van der Waals surface area (Å²) in [6.45, 7) is 14.6. The SMILES string of the molecule is C=C/C(=C\C=C(/C)CNCC)C1=CC=C(C(C)C)CC=C1. The minimum absolute atomic E-state index is 0.601. The van der Waals surface area contributed by atoms with E-state index in [0.29, 0.717) is 5.92 Å². The molecule has 0 aliphatic heterocycles. The van der Waals surface area contributed by atoms with Gasteiger partial charge in [0.15, 0.2) is 0 Å². The van der Waals surface area contributed by atoms with Crippen LogP contribution >= 0.6 is 0 Å². The third-order valence-electron chi connectivity index (χ3n) is 3.62. The first kappa shape index (κ1) is 17.5. The molecule has 0 radical (unpaired) electrons. The van der Waals surface area contributed by atoms with Crippen LogP contribution in [-0.4, -0.2) is 13.1 Å². The van der Waals surface area contributed by atoms with Gasteiger partial charge in [-0.1, -0.05) is 81.0 Å². The van der Waals surface area contributed by atoms with Crippen molar-refractivity contribution in [2.24, 2.45) is 5.92 Å². The van der Waals surface area contributed by atoms with Crippen molar-refractivity contribution in [3.05, 3.63) is 71.4 Å². The highest BCUT2D eigenvalue weighted by Gasteiger charge is 2.04. The van der Waals surface area contributed by atoms with Gasteiger partial charge in [0, 0.05) is 6.54 Å². The molecule has 1 rings (SSSR count). The fourth-order valence-corrected chi connectivity index (χ4v) is 2.16. The van der Waals surface area contributed by atoms with Crippen LogP contribution in [0, 0.1) is 5.92 Å². The predicted molar refractivity (Wildman–Crippen MR) is 95.3 cm³/mol. The summed E-state index contributed by atoms with van der Waals surface area (Å²) in [5.74, 6) is 0.601. The van der Waals surface area contributed by atoms with E-state index in [9.17, 15) is 0 Å². The molecular weight excluding hydrogens is 254 g/mol. The van der Waals surface area contributed by atoms with Gasteiger partial charge in [-0.3, -0.25) is 0 Å². The minimum Gasteiger partial charge on any atom is -0.313 e. The predicted octanol–water partition coefficient (Wildman–Crippen LogP) is 5.12. The van der Waals surface area contributed by atoms with Crippen LogP contribution in [0.2, 0.25) is 0 Å². The van der Waals surface area contributed by atoms with E-state index < -0.39 is 0 Å². The van der Waals surface area contributed by atoms with Crippen molar-refractivity contribution in [3.63, 3.8) is 0 Å². The fourth-order valence-electron chi connectivity index (χ4n) is 2.16. The second kappa shape index (κ2) is 9.36. The smallest absolute Gasteiger partial charge is 0.0164 e. The van der Waals surface area contributed by atoms with Crippen LogP contribution in [0.4, 0.5) is 0 Å². The van der Waals surface area contributed by atoms with Gasteiger partial charge in [-0.05, 0) is 37.0 Å². The Balaban J connectivity index is 2.92. The lowest BCUT2D eigenvalue weighted by atomic mass is 10.0. The maximum atomic E-state index is 3.95. The molecule has 1 heteroatoms. The maximum Gasteiger partial charge on any atom is 0.0164 e. The lowest BCUT2D eigenvalue weighted by Gasteiger charge is -2.06. The fraction of sp³-hybridized carbons (Fsp3) is 0.400. The Morgan fingerprint density at radius 3 is 2.71 bits per heavy atom. The van der Waals surface area contributed by atoms with Crippen LogP contribution in [0.15, 0.2) is 71.4 Å². The van der Waals surface area contributed by atoms with Gasteiger partial charge in [0.05, 0.1) is 0 Å². The van der Waals surface area contributed by atoms with Crippen molar-refractivity contribution in [2.75, 3.05) is 13.1 Å². The third-order valence-corrected chi connectivity index (χ3v) is 3.62. The van der Waals surface area contributed by atoms with Gasteiger partial charge >= 0.3 is 0 Å². The molecule has 0 amide bonds. The summed E-state index contributed by atoms with van der Waals surface area (Å²) in [6.07, 6.45) is 16.2. The molecule has 1 nitrogen and oxygen atoms in total. The van der Waals surface area contributed by atoms with Crippen molar-refractivity contribution in [1.82, 2.24) is 5.32 Å². The van der Waals surface area contributed by atoms with Gasteiger partial charge in [0.2, 0.25) is 0 Å². The Labute approximate surface area is 130 Å². The van der Waals surface area contributed by atoms with Crippen LogP contribution in [0.1, 0.15) is 34.1 Å². The normalized spacial score (nSPS) is 16.6. The van der Waals surface area contributed by atoms with E-state index in [-0.39, 0.29) is 0 Å². The second-order valence-corrected chi connectivity index (χ2v) is 5.74. The lowest BCUT2D eigenvalue weighted by molar-refractivity contribution is 0.748. The monoisotopic (exact) mass is 283 g/mol. The molecule has 1 N–H and O–H groups in total. The van der Waals surface area contributed by atoms with E-state index in [1.807, 2.05) is 6.08 Å². The summed E-state index contributed by atoms with van der Waals surface area (Å²) in [4.78, 5) is 0. The first-order chi connectivity index (χ1) is 10.1. The first-order valence-electron chi connectivity index (χ1n) is 7.86. The quantitative estimate of drug-likeness (QED) is 0.639. The molecule has 0 atom stereocenters. The third kappa shape index (κ3) is 6.14. The number of likely N-dealkylation sites (N-methyl/N-ethyl adjacent to an activating group) is 1. The summed E-state index contributed by atoms with van der Waals surface area (Å²) >= 11 is 0. The zero-order valence-electron chi connectivity index (χ0n) is 13.9. The summed E-state index contributed by atoms with van der Waals surface area (Å²) in [5, 5.41) is 3.34. The Bertz CT molecular complexity index is 496. The van der Waals surface area contributed by atoms with E-state index in [2.05, 4.69) is 76.0 Å². The van der Waals surface area contributed by atoms with E-state index >= 15 is 0 Å². The highest BCUT2D eigenvalue weighted by atomic mass is 14.8. The molecule has 0 aromatic rings. The molecule has 0 fully saturated rings. The number of nitrogens with one attached hydrogen (secondary N) is 1. The summed E-state index contributed by atoms with van der Waals surface area (Å²) in [5.41, 5.74) is 5.20. The lowest BCUT2D eigenvalue weighted by Crippen LogP contribution is -2.14. The Hall–Kier alpha value is -1.60. The highest BCUT2D eigenvalue weighted by molar-refractivity contribution is 5.50. The van der Waals surface area contributed by atoms with E-state index in [4.69, 9.17) is 0 Å². The second-order valence-electron chi connectivity index (χ2n) is 5.74. The molecule has 0 saturated carbocycles. The maximum absolute atomic E-state index is 3.95. The largest absolute Gasteiger partial charge is 0.313 e. The Morgan fingerprint density at radius 1 is 1.33 bits per heavy atom. The van der Waals surface area contributed by atoms with Gasteiger partial charge in [0.25, 0.3) is 0 Å². The zero-order chi connectivity index (χ0) is 15.7. The van der Waals surface area contributed by atoms with Crippen LogP contribution in [-0.2, 0) is 0 Å². The van der Waals surface area contributed by atoms with Gasteiger partial charge in [-0.25, -0.2) is 0 Å². The number of rotatable bonds is 7. The Morgan fingerprint density at radius 2 is 2.10 bits per heavy atom. The minimum atomic E-state index is 0.601. The average Bonchev–Trinajstić information content (AvgIpc) is 2.72. The summed E-state index contributed by atoms with van der Waals surface area (Å²) in [6, 6.07) is 0. The molecule has 114 valence electrons. The van der Waals surface area contributed by atoms with Crippen LogP contribution in [0.3, 0.4) is 0 Å². The van der Waals surface area contributed by atoms with Crippen molar-refractivity contribution in [2.45, 2.75) is 34.1 Å². The van der Waals surface area contributed by atoms with Crippen LogP contribution in [0.5, 0.6) is 0 Å². The van der Waals surface area contributed by atoms with Crippen molar-refractivity contribution >= 4 is 0 Å². The van der Waals surface area contributed by atoms with Gasteiger partial charge in [-0.15, -0.1) is 0 Å². The van der Waals surface area contributed by atoms with Crippen LogP contribution in [0.25, 0.3) is 0 Å². The standard InChI is InChI=1S/C20H29N/c1-6-18(12-11-17(5)15-21-7-2)20-10-8-9-19(13-14-20)16(3)4/h6,8,10-14,16,21H,1,7,9,15H2,2-5H3/b17-11+,18-12+. The molecule has 0 aromatic heterocycles. The summed E-state index contributed by atoms with van der Waals surface area (Å²) in [7, 11) is 0. The van der Waals surface area contributed by atoms with E-state index in [1.54, 1.807) is 0 Å². The molecule has 1 aliphatic carbocycles. The van der Waals surface area contributed by atoms with E-state index in [0.717, 1.165) is 19.5 Å². The molecule has 0 spiro atoms. The number of allylic oxidation sites excluding steroid dienone is 10. The number of hydrogen-bond acceptors (Lipinski definition) is 1. The van der Waals surface area contributed by atoms with Gasteiger partial charge in [0.1, 0.15) is 0 Å². The average molecular weight is 283 g/mol. The van der Waals surface area contributed by atoms with Crippen molar-refractivity contribution in [1.29, 1.82) is 0 Å². The highest BCUT2D eigenvalue weighted by Crippen LogP contribution is 2.22. The van der Waals surface area contributed by atoms with Crippen molar-refractivity contribution < 1.29 is 0 Å². The zero-order valence-corrected chi connectivity index (χ0v) is 13.9. The molecule has 0 heterocycles. The van der Waals surface area contributed by atoms with Gasteiger partial charge in [-0.2, -0.15) is 0 Å². The van der Waals surface area contributed by atoms with Crippen molar-refractivity contribution in [3.8, 4) is 0 Å². The topological polar surface area (TPSA) is 12.0 Å². The molecular formula is C20H29N. The molecule has 0 unspecified atom stereocenters. The molecule has 0 aromatic carbocycles. The Kier molecular flexibility index (Phi) is 7.78. The molecule has 21 heavy (non-hydrogen) atoms. The van der Waals surface area contributed by atoms with E-state index in [1.165, 1.54) is 22.3 Å². The van der Waals surface area contributed by atoms with Gasteiger partial charge < -0.3 is 5.32 Å². The number of hydrogen-bond donors (Lipinski definition) is 1. The summed E-state index contributed by atoms with van der Waals surface area (Å²) < 4.78 is 0. The molecule has 0 bridgehead atoms. The first-order valence-corrected chi connectivity index (χ1v) is 7.86.